The Morgan fingerprint density at radius 1 is 0.947 bits per heavy atom. The van der Waals surface area contributed by atoms with Gasteiger partial charge in [-0.1, -0.05) is 24.3 Å². The van der Waals surface area contributed by atoms with Gasteiger partial charge in [0.2, 0.25) is 0 Å². The van der Waals surface area contributed by atoms with Gasteiger partial charge in [0.05, 0.1) is 11.4 Å². The topological polar surface area (TPSA) is 37.8 Å². The number of benzene rings is 1. The molecule has 0 bridgehead atoms. The lowest BCUT2D eigenvalue weighted by Crippen LogP contribution is -2.24. The molecular weight excluding hydrogens is 234 g/mol. The van der Waals surface area contributed by atoms with Crippen LogP contribution in [0.3, 0.4) is 0 Å². The van der Waals surface area contributed by atoms with E-state index < -0.39 is 0 Å². The fourth-order valence-corrected chi connectivity index (χ4v) is 2.46. The molecular formula is C16H21N3. The Labute approximate surface area is 115 Å². The van der Waals surface area contributed by atoms with Crippen molar-refractivity contribution >= 4 is 0 Å². The van der Waals surface area contributed by atoms with Gasteiger partial charge in [0.1, 0.15) is 0 Å². The summed E-state index contributed by atoms with van der Waals surface area (Å²) < 4.78 is 0. The van der Waals surface area contributed by atoms with Crippen molar-refractivity contribution in [2.45, 2.75) is 39.8 Å². The predicted molar refractivity (Wildman–Crippen MR) is 77.9 cm³/mol. The number of hydrogen-bond acceptors (Lipinski definition) is 3. The molecule has 2 atom stereocenters. The number of aromatic nitrogens is 2. The number of nitrogens with zero attached hydrogens (tertiary/aromatic N) is 2. The lowest BCUT2D eigenvalue weighted by Gasteiger charge is -2.22. The summed E-state index contributed by atoms with van der Waals surface area (Å²) in [5.41, 5.74) is 4.64. The molecule has 2 aromatic rings. The van der Waals surface area contributed by atoms with Gasteiger partial charge in [-0.2, -0.15) is 0 Å². The van der Waals surface area contributed by atoms with E-state index in [9.17, 15) is 0 Å². The van der Waals surface area contributed by atoms with Gasteiger partial charge < -0.3 is 5.32 Å². The van der Waals surface area contributed by atoms with Gasteiger partial charge in [0, 0.05) is 24.5 Å². The summed E-state index contributed by atoms with van der Waals surface area (Å²) in [6.07, 6.45) is 3.48. The van der Waals surface area contributed by atoms with Crippen molar-refractivity contribution in [3.05, 3.63) is 59.2 Å². The molecule has 0 aliphatic rings. The van der Waals surface area contributed by atoms with Crippen molar-refractivity contribution in [1.82, 2.24) is 15.3 Å². The lowest BCUT2D eigenvalue weighted by atomic mass is 10.0. The van der Waals surface area contributed by atoms with Crippen molar-refractivity contribution in [3.63, 3.8) is 0 Å². The largest absolute Gasteiger partial charge is 0.302 e. The van der Waals surface area contributed by atoms with Gasteiger partial charge in [-0.05, 0) is 38.8 Å². The standard InChI is InChI=1S/C16H21N3/c1-11-7-5-6-8-15(11)12(2)19-14(4)16-13(3)17-9-10-18-16/h5-10,12,14,19H,1-4H3. The summed E-state index contributed by atoms with van der Waals surface area (Å²) in [4.78, 5) is 8.72. The third-order valence-corrected chi connectivity index (χ3v) is 3.48. The van der Waals surface area contributed by atoms with Crippen LogP contribution in [0.1, 0.15) is 48.4 Å². The first kappa shape index (κ1) is 13.7. The highest BCUT2D eigenvalue weighted by Gasteiger charge is 2.15. The molecule has 0 radical (unpaired) electrons. The molecule has 1 heterocycles. The van der Waals surface area contributed by atoms with E-state index in [0.717, 1.165) is 11.4 Å². The zero-order valence-corrected chi connectivity index (χ0v) is 12.0. The molecule has 0 aliphatic carbocycles. The van der Waals surface area contributed by atoms with Crippen molar-refractivity contribution in [2.24, 2.45) is 0 Å². The van der Waals surface area contributed by atoms with E-state index in [2.05, 4.69) is 60.3 Å². The second kappa shape index (κ2) is 5.93. The Balaban J connectivity index is 2.13. The third-order valence-electron chi connectivity index (χ3n) is 3.48. The van der Waals surface area contributed by atoms with Gasteiger partial charge in [-0.3, -0.25) is 9.97 Å². The van der Waals surface area contributed by atoms with Gasteiger partial charge in [-0.25, -0.2) is 0 Å². The van der Waals surface area contributed by atoms with Crippen LogP contribution >= 0.6 is 0 Å². The Morgan fingerprint density at radius 3 is 2.32 bits per heavy atom. The molecule has 1 N–H and O–H groups in total. The Bertz CT molecular complexity index is 502. The molecule has 0 fully saturated rings. The summed E-state index contributed by atoms with van der Waals surface area (Å²) in [5, 5.41) is 3.59. The van der Waals surface area contributed by atoms with Crippen LogP contribution in [0.4, 0.5) is 0 Å². The van der Waals surface area contributed by atoms with Crippen LogP contribution in [-0.2, 0) is 0 Å². The maximum Gasteiger partial charge on any atom is 0.0782 e. The molecule has 0 aliphatic heterocycles. The molecule has 3 heteroatoms. The average Bonchev–Trinajstić information content (AvgIpc) is 2.39. The molecule has 100 valence electrons. The number of hydrogen-bond donors (Lipinski definition) is 1. The molecule has 3 nitrogen and oxygen atoms in total. The lowest BCUT2D eigenvalue weighted by molar-refractivity contribution is 0.481. The first-order chi connectivity index (χ1) is 9.09. The van der Waals surface area contributed by atoms with Crippen LogP contribution in [0, 0.1) is 13.8 Å². The minimum atomic E-state index is 0.184. The van der Waals surface area contributed by atoms with Gasteiger partial charge >= 0.3 is 0 Å². The van der Waals surface area contributed by atoms with Crippen LogP contribution < -0.4 is 5.32 Å². The predicted octanol–water partition coefficient (Wildman–Crippen LogP) is 3.51. The zero-order valence-electron chi connectivity index (χ0n) is 12.0. The van der Waals surface area contributed by atoms with Gasteiger partial charge in [0.15, 0.2) is 0 Å². The van der Waals surface area contributed by atoms with E-state index in [0.29, 0.717) is 0 Å². The van der Waals surface area contributed by atoms with Crippen LogP contribution in [0.15, 0.2) is 36.7 Å². The smallest absolute Gasteiger partial charge is 0.0782 e. The van der Waals surface area contributed by atoms with Crippen LogP contribution in [0.5, 0.6) is 0 Å². The minimum Gasteiger partial charge on any atom is -0.302 e. The molecule has 0 saturated carbocycles. The molecule has 2 rings (SSSR count). The normalized spacial score (nSPS) is 14.1. The molecule has 19 heavy (non-hydrogen) atoms. The Morgan fingerprint density at radius 2 is 1.63 bits per heavy atom. The molecule has 0 spiro atoms. The maximum absolute atomic E-state index is 4.42. The summed E-state index contributed by atoms with van der Waals surface area (Å²) in [5.74, 6) is 0. The van der Waals surface area contributed by atoms with Crippen LogP contribution in [-0.4, -0.2) is 9.97 Å². The highest BCUT2D eigenvalue weighted by molar-refractivity contribution is 5.28. The van der Waals surface area contributed by atoms with E-state index in [1.165, 1.54) is 11.1 Å². The fourth-order valence-electron chi connectivity index (χ4n) is 2.46. The van der Waals surface area contributed by atoms with Crippen molar-refractivity contribution in [3.8, 4) is 0 Å². The molecule has 0 amide bonds. The average molecular weight is 255 g/mol. The molecule has 2 unspecified atom stereocenters. The first-order valence-electron chi connectivity index (χ1n) is 6.68. The van der Waals surface area contributed by atoms with E-state index >= 15 is 0 Å². The minimum absolute atomic E-state index is 0.184. The Hall–Kier alpha value is -1.74. The zero-order chi connectivity index (χ0) is 13.8. The highest BCUT2D eigenvalue weighted by atomic mass is 15.0. The molecule has 1 aromatic carbocycles. The summed E-state index contributed by atoms with van der Waals surface area (Å²) in [6.45, 7) is 8.46. The van der Waals surface area contributed by atoms with E-state index in [-0.39, 0.29) is 12.1 Å². The number of rotatable bonds is 4. The van der Waals surface area contributed by atoms with Crippen LogP contribution in [0.25, 0.3) is 0 Å². The SMILES string of the molecule is Cc1ccccc1C(C)NC(C)c1nccnc1C. The quantitative estimate of drug-likeness (QED) is 0.908. The van der Waals surface area contributed by atoms with Gasteiger partial charge in [-0.15, -0.1) is 0 Å². The van der Waals surface area contributed by atoms with Crippen molar-refractivity contribution < 1.29 is 0 Å². The second-order valence-electron chi connectivity index (χ2n) is 4.99. The van der Waals surface area contributed by atoms with Crippen LogP contribution in [0.2, 0.25) is 0 Å². The first-order valence-corrected chi connectivity index (χ1v) is 6.68. The van der Waals surface area contributed by atoms with E-state index in [1.807, 2.05) is 6.92 Å². The third kappa shape index (κ3) is 3.18. The number of aryl methyl sites for hydroxylation is 2. The van der Waals surface area contributed by atoms with Crippen molar-refractivity contribution in [1.29, 1.82) is 0 Å². The van der Waals surface area contributed by atoms with E-state index in [4.69, 9.17) is 0 Å². The van der Waals surface area contributed by atoms with Gasteiger partial charge in [0.25, 0.3) is 0 Å². The second-order valence-corrected chi connectivity index (χ2v) is 4.99. The fraction of sp³-hybridized carbons (Fsp3) is 0.375. The maximum atomic E-state index is 4.42. The Kier molecular flexibility index (Phi) is 4.27. The highest BCUT2D eigenvalue weighted by Crippen LogP contribution is 2.21. The molecule has 1 aromatic heterocycles. The summed E-state index contributed by atoms with van der Waals surface area (Å²) in [7, 11) is 0. The summed E-state index contributed by atoms with van der Waals surface area (Å²) in [6, 6.07) is 8.94. The molecule has 0 saturated heterocycles. The van der Waals surface area contributed by atoms with Crippen molar-refractivity contribution in [2.75, 3.05) is 0 Å². The monoisotopic (exact) mass is 255 g/mol. The van der Waals surface area contributed by atoms with E-state index in [1.54, 1.807) is 12.4 Å². The summed E-state index contributed by atoms with van der Waals surface area (Å²) >= 11 is 0. The number of nitrogens with one attached hydrogen (secondary N) is 1.